The lowest BCUT2D eigenvalue weighted by Crippen LogP contribution is -2.17. The van der Waals surface area contributed by atoms with Gasteiger partial charge >= 0.3 is 0 Å². The van der Waals surface area contributed by atoms with E-state index >= 15 is 0 Å². The Balaban J connectivity index is 1.89. The van der Waals surface area contributed by atoms with Gasteiger partial charge < -0.3 is 15.5 Å². The molecule has 22 heavy (non-hydrogen) atoms. The monoisotopic (exact) mass is 300 g/mol. The van der Waals surface area contributed by atoms with E-state index in [2.05, 4.69) is 44.6 Å². The molecule has 2 heterocycles. The minimum atomic E-state index is 0.699. The number of hydrogen-bond donors (Lipinski definition) is 2. The summed E-state index contributed by atoms with van der Waals surface area (Å²) in [6.07, 6.45) is 4.70. The Labute approximate surface area is 132 Å². The van der Waals surface area contributed by atoms with E-state index in [-0.39, 0.29) is 0 Å². The highest BCUT2D eigenvalue weighted by atomic mass is 15.1. The topological polar surface area (TPSA) is 66.0 Å². The molecule has 0 amide bonds. The summed E-state index contributed by atoms with van der Waals surface area (Å²) < 4.78 is 0. The first kappa shape index (κ1) is 16.2. The fourth-order valence-electron chi connectivity index (χ4n) is 2.06. The summed E-state index contributed by atoms with van der Waals surface area (Å²) in [6.45, 7) is 4.56. The van der Waals surface area contributed by atoms with Crippen molar-refractivity contribution in [1.29, 1.82) is 0 Å². The van der Waals surface area contributed by atoms with Crippen LogP contribution in [0, 0.1) is 6.92 Å². The number of hydrogen-bond acceptors (Lipinski definition) is 6. The first-order chi connectivity index (χ1) is 10.6. The molecule has 0 unspecified atom stereocenters. The van der Waals surface area contributed by atoms with E-state index < -0.39 is 0 Å². The van der Waals surface area contributed by atoms with E-state index in [0.717, 1.165) is 42.5 Å². The summed E-state index contributed by atoms with van der Waals surface area (Å²) in [5, 5.41) is 6.66. The molecule has 0 aliphatic rings. The van der Waals surface area contributed by atoms with Gasteiger partial charge in [-0.15, -0.1) is 0 Å². The van der Waals surface area contributed by atoms with Crippen LogP contribution in [0.3, 0.4) is 0 Å². The standard InChI is InChI=1S/C16H24N6/c1-13-20-15(18-8-5-9-22(2)3)10-16(21-13)19-12-14-6-4-7-17-11-14/h4,6-7,10-11H,5,8-9,12H2,1-3H3,(H2,18,19,20,21). The second-order valence-electron chi connectivity index (χ2n) is 5.48. The quantitative estimate of drug-likeness (QED) is 0.728. The maximum absolute atomic E-state index is 4.42. The van der Waals surface area contributed by atoms with Crippen LogP contribution in [-0.2, 0) is 6.54 Å². The molecule has 2 rings (SSSR count). The van der Waals surface area contributed by atoms with Gasteiger partial charge in [0, 0.05) is 31.5 Å². The number of aryl methyl sites for hydroxylation is 1. The second kappa shape index (κ2) is 8.29. The zero-order chi connectivity index (χ0) is 15.8. The lowest BCUT2D eigenvalue weighted by Gasteiger charge is -2.12. The van der Waals surface area contributed by atoms with Gasteiger partial charge in [-0.2, -0.15) is 0 Å². The van der Waals surface area contributed by atoms with Crippen molar-refractivity contribution >= 4 is 11.6 Å². The van der Waals surface area contributed by atoms with Gasteiger partial charge in [0.1, 0.15) is 17.5 Å². The summed E-state index contributed by atoms with van der Waals surface area (Å²) in [5.41, 5.74) is 1.12. The van der Waals surface area contributed by atoms with Crippen molar-refractivity contribution in [3.63, 3.8) is 0 Å². The van der Waals surface area contributed by atoms with Crippen LogP contribution in [0.2, 0.25) is 0 Å². The summed E-state index contributed by atoms with van der Waals surface area (Å²) in [6, 6.07) is 5.91. The fourth-order valence-corrected chi connectivity index (χ4v) is 2.06. The van der Waals surface area contributed by atoms with E-state index in [0.29, 0.717) is 6.54 Å². The molecular formula is C16H24N6. The summed E-state index contributed by atoms with van der Waals surface area (Å²) in [5.74, 6) is 2.44. The molecule has 6 heteroatoms. The van der Waals surface area contributed by atoms with Crippen molar-refractivity contribution in [2.75, 3.05) is 37.8 Å². The minimum absolute atomic E-state index is 0.699. The van der Waals surface area contributed by atoms with Crippen LogP contribution in [0.4, 0.5) is 11.6 Å². The Hall–Kier alpha value is -2.21. The molecule has 0 spiro atoms. The third-order valence-electron chi connectivity index (χ3n) is 3.12. The Morgan fingerprint density at radius 1 is 1.14 bits per heavy atom. The van der Waals surface area contributed by atoms with E-state index in [1.165, 1.54) is 0 Å². The van der Waals surface area contributed by atoms with Crippen molar-refractivity contribution in [3.8, 4) is 0 Å². The fraction of sp³-hybridized carbons (Fsp3) is 0.438. The second-order valence-corrected chi connectivity index (χ2v) is 5.48. The highest BCUT2D eigenvalue weighted by molar-refractivity contribution is 5.47. The Bertz CT molecular complexity index is 570. The molecule has 118 valence electrons. The third-order valence-corrected chi connectivity index (χ3v) is 3.12. The molecule has 0 atom stereocenters. The number of anilines is 2. The van der Waals surface area contributed by atoms with E-state index in [1.54, 1.807) is 6.20 Å². The van der Waals surface area contributed by atoms with Crippen LogP contribution in [-0.4, -0.2) is 47.0 Å². The van der Waals surface area contributed by atoms with Crippen molar-refractivity contribution in [1.82, 2.24) is 19.9 Å². The zero-order valence-corrected chi connectivity index (χ0v) is 13.5. The Morgan fingerprint density at radius 3 is 2.59 bits per heavy atom. The van der Waals surface area contributed by atoms with Crippen molar-refractivity contribution in [3.05, 3.63) is 42.0 Å². The van der Waals surface area contributed by atoms with Crippen LogP contribution >= 0.6 is 0 Å². The molecular weight excluding hydrogens is 276 g/mol. The smallest absolute Gasteiger partial charge is 0.132 e. The lowest BCUT2D eigenvalue weighted by atomic mass is 10.3. The number of rotatable bonds is 8. The predicted molar refractivity (Wildman–Crippen MR) is 90.0 cm³/mol. The van der Waals surface area contributed by atoms with Crippen LogP contribution < -0.4 is 10.6 Å². The summed E-state index contributed by atoms with van der Waals surface area (Å²) in [4.78, 5) is 15.1. The molecule has 0 fully saturated rings. The summed E-state index contributed by atoms with van der Waals surface area (Å²) >= 11 is 0. The van der Waals surface area contributed by atoms with E-state index in [4.69, 9.17) is 0 Å². The molecule has 2 N–H and O–H groups in total. The molecule has 0 radical (unpaired) electrons. The van der Waals surface area contributed by atoms with Crippen molar-refractivity contribution < 1.29 is 0 Å². The van der Waals surface area contributed by atoms with Crippen molar-refractivity contribution in [2.45, 2.75) is 19.9 Å². The van der Waals surface area contributed by atoms with Gasteiger partial charge in [0.2, 0.25) is 0 Å². The molecule has 2 aromatic heterocycles. The average molecular weight is 300 g/mol. The predicted octanol–water partition coefficient (Wildman–Crippen LogP) is 2.16. The first-order valence-corrected chi connectivity index (χ1v) is 7.50. The Kier molecular flexibility index (Phi) is 6.09. The number of nitrogens with zero attached hydrogens (tertiary/aromatic N) is 4. The van der Waals surface area contributed by atoms with Gasteiger partial charge in [0.15, 0.2) is 0 Å². The summed E-state index contributed by atoms with van der Waals surface area (Å²) in [7, 11) is 4.16. The van der Waals surface area contributed by atoms with Gasteiger partial charge in [-0.25, -0.2) is 9.97 Å². The maximum Gasteiger partial charge on any atom is 0.132 e. The average Bonchev–Trinajstić information content (AvgIpc) is 2.50. The molecule has 0 aliphatic carbocycles. The van der Waals surface area contributed by atoms with Crippen molar-refractivity contribution in [2.24, 2.45) is 0 Å². The van der Waals surface area contributed by atoms with Gasteiger partial charge in [-0.3, -0.25) is 4.98 Å². The van der Waals surface area contributed by atoms with Crippen LogP contribution in [0.1, 0.15) is 17.8 Å². The first-order valence-electron chi connectivity index (χ1n) is 7.50. The molecule has 2 aromatic rings. The number of aromatic nitrogens is 3. The van der Waals surface area contributed by atoms with Gasteiger partial charge in [0.05, 0.1) is 0 Å². The normalized spacial score (nSPS) is 10.7. The van der Waals surface area contributed by atoms with Crippen LogP contribution in [0.5, 0.6) is 0 Å². The third kappa shape index (κ3) is 5.65. The van der Waals surface area contributed by atoms with E-state index in [9.17, 15) is 0 Å². The molecule has 0 saturated heterocycles. The van der Waals surface area contributed by atoms with Crippen LogP contribution in [0.25, 0.3) is 0 Å². The van der Waals surface area contributed by atoms with Gasteiger partial charge in [-0.1, -0.05) is 6.07 Å². The molecule has 0 aliphatic heterocycles. The number of pyridine rings is 1. The maximum atomic E-state index is 4.42. The largest absolute Gasteiger partial charge is 0.370 e. The highest BCUT2D eigenvalue weighted by Gasteiger charge is 2.02. The zero-order valence-electron chi connectivity index (χ0n) is 13.5. The highest BCUT2D eigenvalue weighted by Crippen LogP contribution is 2.12. The van der Waals surface area contributed by atoms with Crippen LogP contribution in [0.15, 0.2) is 30.6 Å². The Morgan fingerprint density at radius 2 is 1.91 bits per heavy atom. The molecule has 6 nitrogen and oxygen atoms in total. The number of nitrogens with one attached hydrogen (secondary N) is 2. The SMILES string of the molecule is Cc1nc(NCCCN(C)C)cc(NCc2cccnc2)n1. The van der Waals surface area contributed by atoms with E-state index in [1.807, 2.05) is 31.3 Å². The van der Waals surface area contributed by atoms with Gasteiger partial charge in [0.25, 0.3) is 0 Å². The minimum Gasteiger partial charge on any atom is -0.370 e. The molecule has 0 aromatic carbocycles. The molecule has 0 bridgehead atoms. The molecule has 0 saturated carbocycles. The lowest BCUT2D eigenvalue weighted by molar-refractivity contribution is 0.405. The van der Waals surface area contributed by atoms with Gasteiger partial charge in [-0.05, 0) is 45.6 Å².